The molecular weight excluding hydrogens is 432 g/mol. The van der Waals surface area contributed by atoms with E-state index in [9.17, 15) is 4.79 Å². The van der Waals surface area contributed by atoms with Crippen LogP contribution in [-0.2, 0) is 4.79 Å². The molecule has 0 amide bonds. The highest BCUT2D eigenvalue weighted by Crippen LogP contribution is 2.48. The van der Waals surface area contributed by atoms with E-state index in [4.69, 9.17) is 24.3 Å². The topological polar surface area (TPSA) is 87.5 Å². The maximum Gasteiger partial charge on any atom is 0.226 e. The van der Waals surface area contributed by atoms with Crippen molar-refractivity contribution >= 4 is 11.7 Å². The highest BCUT2D eigenvalue weighted by molar-refractivity contribution is 6.00. The largest absolute Gasteiger partial charge is 0.497 e. The molecule has 3 aromatic rings. The average Bonchev–Trinajstić information content (AvgIpc) is 3.25. The second-order valence-electron chi connectivity index (χ2n) is 9.38. The van der Waals surface area contributed by atoms with Crippen LogP contribution in [0.1, 0.15) is 38.3 Å². The molecule has 0 bridgehead atoms. The second kappa shape index (κ2) is 8.20. The maximum absolute atomic E-state index is 13.5. The number of allylic oxidation sites excluding steroid dienone is 2. The number of aromatic nitrogens is 3. The Hall–Kier alpha value is -3.81. The van der Waals surface area contributed by atoms with Gasteiger partial charge in [0.25, 0.3) is 0 Å². The number of carbonyl (C=O) groups excluding carboxylic acids is 1. The first-order valence-electron chi connectivity index (χ1n) is 11.2. The Bertz CT molecular complexity index is 1290. The van der Waals surface area contributed by atoms with Crippen molar-refractivity contribution < 1.29 is 19.0 Å². The Morgan fingerprint density at radius 3 is 2.44 bits per heavy atom. The third kappa shape index (κ3) is 3.59. The minimum atomic E-state index is -0.487. The van der Waals surface area contributed by atoms with Gasteiger partial charge in [-0.15, -0.1) is 5.10 Å². The van der Waals surface area contributed by atoms with E-state index in [0.29, 0.717) is 35.3 Å². The Morgan fingerprint density at radius 1 is 1.00 bits per heavy atom. The maximum atomic E-state index is 13.5. The monoisotopic (exact) mass is 460 g/mol. The van der Waals surface area contributed by atoms with Gasteiger partial charge in [-0.1, -0.05) is 26.0 Å². The Balaban J connectivity index is 1.70. The van der Waals surface area contributed by atoms with E-state index in [0.717, 1.165) is 29.0 Å². The molecule has 0 radical (unpaired) electrons. The minimum Gasteiger partial charge on any atom is -0.497 e. The molecule has 2 aliphatic rings. The fraction of sp³-hybridized carbons (Fsp3) is 0.346. The summed E-state index contributed by atoms with van der Waals surface area (Å²) in [5.74, 6) is 3.18. The molecule has 1 aromatic heterocycles. The van der Waals surface area contributed by atoms with Gasteiger partial charge in [-0.2, -0.15) is 4.98 Å². The molecule has 5 rings (SSSR count). The number of hydrogen-bond acceptors (Lipinski definition) is 7. The van der Waals surface area contributed by atoms with Crippen LogP contribution in [0, 0.1) is 5.41 Å². The minimum absolute atomic E-state index is 0.0979. The van der Waals surface area contributed by atoms with E-state index in [1.54, 1.807) is 26.0 Å². The van der Waals surface area contributed by atoms with E-state index < -0.39 is 6.04 Å². The predicted octanol–water partition coefficient (Wildman–Crippen LogP) is 4.63. The van der Waals surface area contributed by atoms with E-state index in [1.807, 2.05) is 42.5 Å². The number of carbonyl (C=O) groups is 1. The van der Waals surface area contributed by atoms with Crippen LogP contribution in [0.5, 0.6) is 17.2 Å². The number of ether oxygens (including phenoxy) is 3. The number of nitrogens with zero attached hydrogens (tertiary/aromatic N) is 3. The number of methoxy groups -OCH3 is 3. The van der Waals surface area contributed by atoms with Gasteiger partial charge >= 0.3 is 0 Å². The zero-order valence-corrected chi connectivity index (χ0v) is 20.0. The van der Waals surface area contributed by atoms with Gasteiger partial charge in [0.1, 0.15) is 11.8 Å². The number of Topliss-reactive ketones (excluding diaryl/α,β-unsaturated/α-hetero) is 1. The first-order valence-corrected chi connectivity index (χ1v) is 11.2. The molecular formula is C26H28N4O4. The zero-order valence-electron chi connectivity index (χ0n) is 20.0. The molecule has 8 nitrogen and oxygen atoms in total. The van der Waals surface area contributed by atoms with Crippen molar-refractivity contribution in [1.82, 2.24) is 14.8 Å². The first kappa shape index (κ1) is 22.0. The second-order valence-corrected chi connectivity index (χ2v) is 9.38. The summed E-state index contributed by atoms with van der Waals surface area (Å²) in [6.45, 7) is 4.22. The molecule has 0 fully saturated rings. The van der Waals surface area contributed by atoms with Crippen molar-refractivity contribution in [3.05, 3.63) is 59.3 Å². The third-order valence-electron chi connectivity index (χ3n) is 6.41. The lowest BCUT2D eigenvalue weighted by Crippen LogP contribution is -2.36. The van der Waals surface area contributed by atoms with E-state index >= 15 is 0 Å². The number of nitrogens with one attached hydrogen (secondary N) is 1. The molecule has 176 valence electrons. The van der Waals surface area contributed by atoms with Crippen molar-refractivity contribution in [2.45, 2.75) is 32.7 Å². The summed E-state index contributed by atoms with van der Waals surface area (Å²) in [7, 11) is 4.84. The number of para-hydroxylation sites is 1. The fourth-order valence-electron chi connectivity index (χ4n) is 4.89. The lowest BCUT2D eigenvalue weighted by atomic mass is 9.73. The molecule has 1 aliphatic carbocycles. The van der Waals surface area contributed by atoms with Crippen LogP contribution in [-0.4, -0.2) is 41.9 Å². The number of rotatable bonds is 5. The number of hydrogen-bond donors (Lipinski definition) is 1. The molecule has 0 saturated carbocycles. The van der Waals surface area contributed by atoms with Crippen LogP contribution in [0.3, 0.4) is 0 Å². The fourth-order valence-corrected chi connectivity index (χ4v) is 4.89. The normalized spacial score (nSPS) is 18.6. The smallest absolute Gasteiger partial charge is 0.226 e. The molecule has 2 aromatic carbocycles. The van der Waals surface area contributed by atoms with Crippen molar-refractivity contribution in [2.75, 3.05) is 26.6 Å². The van der Waals surface area contributed by atoms with Crippen molar-refractivity contribution in [3.8, 4) is 28.6 Å². The Labute approximate surface area is 198 Å². The SMILES string of the molecule is COc1ccc(-c2nc3n(n2)[C@H](c2cccc(OC)c2OC)C2=C(CC(C)(C)CC2=O)N3)cc1. The van der Waals surface area contributed by atoms with Gasteiger partial charge in [0, 0.05) is 28.8 Å². The van der Waals surface area contributed by atoms with E-state index in [-0.39, 0.29) is 11.2 Å². The molecule has 0 saturated heterocycles. The number of ketones is 1. The van der Waals surface area contributed by atoms with Crippen molar-refractivity contribution in [2.24, 2.45) is 5.41 Å². The number of anilines is 1. The molecule has 2 heterocycles. The van der Waals surface area contributed by atoms with Gasteiger partial charge in [0.2, 0.25) is 5.95 Å². The van der Waals surface area contributed by atoms with Crippen molar-refractivity contribution in [3.63, 3.8) is 0 Å². The van der Waals surface area contributed by atoms with Gasteiger partial charge in [-0.25, -0.2) is 4.68 Å². The van der Waals surface area contributed by atoms with Crippen molar-refractivity contribution in [1.29, 1.82) is 0 Å². The van der Waals surface area contributed by atoms with E-state index in [2.05, 4.69) is 19.2 Å². The van der Waals surface area contributed by atoms with E-state index in [1.165, 1.54) is 0 Å². The molecule has 0 unspecified atom stereocenters. The van der Waals surface area contributed by atoms with Crippen LogP contribution in [0.2, 0.25) is 0 Å². The Kier molecular flexibility index (Phi) is 5.31. The van der Waals surface area contributed by atoms with Gasteiger partial charge in [-0.05, 0) is 42.2 Å². The molecule has 1 atom stereocenters. The zero-order chi connectivity index (χ0) is 24.0. The van der Waals surface area contributed by atoms with Crippen LogP contribution in [0.25, 0.3) is 11.4 Å². The third-order valence-corrected chi connectivity index (χ3v) is 6.41. The van der Waals surface area contributed by atoms with Crippen LogP contribution >= 0.6 is 0 Å². The molecule has 34 heavy (non-hydrogen) atoms. The summed E-state index contributed by atoms with van der Waals surface area (Å²) in [4.78, 5) is 18.3. The first-order chi connectivity index (χ1) is 16.3. The summed E-state index contributed by atoms with van der Waals surface area (Å²) in [6, 6.07) is 12.8. The van der Waals surface area contributed by atoms with Gasteiger partial charge in [0.05, 0.1) is 21.3 Å². The van der Waals surface area contributed by atoms with Crippen LogP contribution in [0.4, 0.5) is 5.95 Å². The standard InChI is InChI=1S/C26H28N4O4/c1-26(2)13-18-21(19(31)14-26)22(17-7-6-8-20(33-4)23(17)34-5)30-25(27-18)28-24(29-30)15-9-11-16(32-3)12-10-15/h6-12,22H,13-14H2,1-5H3,(H,27,28,29)/t22-/m1/s1. The number of fused-ring (bicyclic) bond motifs is 1. The summed E-state index contributed by atoms with van der Waals surface area (Å²) in [6.07, 6.45) is 1.20. The summed E-state index contributed by atoms with van der Waals surface area (Å²) in [5, 5.41) is 8.26. The molecule has 0 spiro atoms. The van der Waals surface area contributed by atoms with Crippen LogP contribution in [0.15, 0.2) is 53.7 Å². The summed E-state index contributed by atoms with van der Waals surface area (Å²) in [5.41, 5.74) is 3.09. The Morgan fingerprint density at radius 2 is 1.76 bits per heavy atom. The molecule has 8 heteroatoms. The lowest BCUT2D eigenvalue weighted by molar-refractivity contribution is -0.118. The van der Waals surface area contributed by atoms with Crippen LogP contribution < -0.4 is 19.5 Å². The quantitative estimate of drug-likeness (QED) is 0.594. The van der Waals surface area contributed by atoms with Gasteiger partial charge in [0.15, 0.2) is 23.1 Å². The summed E-state index contributed by atoms with van der Waals surface area (Å²) >= 11 is 0. The molecule has 1 N–H and O–H groups in total. The highest BCUT2D eigenvalue weighted by atomic mass is 16.5. The van der Waals surface area contributed by atoms with Gasteiger partial charge < -0.3 is 19.5 Å². The molecule has 1 aliphatic heterocycles. The lowest BCUT2D eigenvalue weighted by Gasteiger charge is -2.38. The number of benzene rings is 2. The van der Waals surface area contributed by atoms with Gasteiger partial charge in [-0.3, -0.25) is 4.79 Å². The summed E-state index contributed by atoms with van der Waals surface area (Å²) < 4.78 is 18.4. The average molecular weight is 461 g/mol. The highest BCUT2D eigenvalue weighted by Gasteiger charge is 2.43. The predicted molar refractivity (Wildman–Crippen MR) is 128 cm³/mol.